The zero-order valence-electron chi connectivity index (χ0n) is 13.5. The van der Waals surface area contributed by atoms with Crippen molar-refractivity contribution in [2.45, 2.75) is 45.1 Å². The van der Waals surface area contributed by atoms with Gasteiger partial charge in [0.15, 0.2) is 0 Å². The predicted molar refractivity (Wildman–Crippen MR) is 84.9 cm³/mol. The van der Waals surface area contributed by atoms with Crippen molar-refractivity contribution in [2.24, 2.45) is 7.05 Å². The molecule has 0 aliphatic carbocycles. The second kappa shape index (κ2) is 7.53. The van der Waals surface area contributed by atoms with Gasteiger partial charge in [0.05, 0.1) is 5.69 Å². The second-order valence-electron chi connectivity index (χ2n) is 5.95. The number of carboxylic acid groups (broad SMARTS) is 1. The normalized spacial score (nSPS) is 12.8. The van der Waals surface area contributed by atoms with E-state index in [0.29, 0.717) is 5.75 Å². The standard InChI is InChI=1S/C14H23N3O4S/c1-9-6-10(17(5)16-9)7-22-8-11(12(18)19)15-13(20)21-14(2,3)4/h6,11H,7-8H2,1-5H3,(H,15,20)(H,18,19). The van der Waals surface area contributed by atoms with Crippen LogP contribution in [0.15, 0.2) is 6.07 Å². The van der Waals surface area contributed by atoms with Crippen LogP contribution in [0.3, 0.4) is 0 Å². The number of hydrogen-bond donors (Lipinski definition) is 2. The number of aryl methyl sites for hydroxylation is 2. The van der Waals surface area contributed by atoms with Crippen LogP contribution in [0.5, 0.6) is 0 Å². The van der Waals surface area contributed by atoms with Gasteiger partial charge in [0.1, 0.15) is 11.6 Å². The maximum atomic E-state index is 11.6. The van der Waals surface area contributed by atoms with Crippen LogP contribution in [-0.4, -0.2) is 44.3 Å². The molecule has 1 rings (SSSR count). The van der Waals surface area contributed by atoms with Gasteiger partial charge in [-0.05, 0) is 33.8 Å². The fourth-order valence-electron chi connectivity index (χ4n) is 1.71. The van der Waals surface area contributed by atoms with E-state index in [1.165, 1.54) is 11.8 Å². The second-order valence-corrected chi connectivity index (χ2v) is 6.98. The predicted octanol–water partition coefficient (Wildman–Crippen LogP) is 1.94. The molecule has 0 radical (unpaired) electrons. The van der Waals surface area contributed by atoms with Gasteiger partial charge in [0, 0.05) is 24.2 Å². The molecule has 1 aromatic heterocycles. The molecule has 1 aromatic rings. The zero-order valence-corrected chi connectivity index (χ0v) is 14.4. The Kier molecular flexibility index (Phi) is 6.28. The van der Waals surface area contributed by atoms with Crippen molar-refractivity contribution in [2.75, 3.05) is 5.75 Å². The van der Waals surface area contributed by atoms with E-state index in [0.717, 1.165) is 11.4 Å². The highest BCUT2D eigenvalue weighted by Crippen LogP contribution is 2.14. The van der Waals surface area contributed by atoms with Gasteiger partial charge in [0.25, 0.3) is 0 Å². The summed E-state index contributed by atoms with van der Waals surface area (Å²) >= 11 is 1.42. The summed E-state index contributed by atoms with van der Waals surface area (Å²) in [4.78, 5) is 22.9. The van der Waals surface area contributed by atoms with E-state index < -0.39 is 23.7 Å². The third-order valence-corrected chi connectivity index (χ3v) is 3.69. The number of aromatic nitrogens is 2. The number of thioether (sulfide) groups is 1. The molecule has 0 aromatic carbocycles. The quantitative estimate of drug-likeness (QED) is 0.828. The molecule has 1 heterocycles. The fraction of sp³-hybridized carbons (Fsp3) is 0.643. The first-order chi connectivity index (χ1) is 10.1. The number of aliphatic carboxylic acids is 1. The number of carboxylic acids is 1. The largest absolute Gasteiger partial charge is 0.480 e. The number of ether oxygens (including phenoxy) is 1. The molecule has 1 amide bonds. The fourth-order valence-corrected chi connectivity index (χ4v) is 2.76. The molecular formula is C14H23N3O4S. The van der Waals surface area contributed by atoms with E-state index in [9.17, 15) is 14.7 Å². The SMILES string of the molecule is Cc1cc(CSCC(NC(=O)OC(C)(C)C)C(=O)O)n(C)n1. The topological polar surface area (TPSA) is 93.5 Å². The third kappa shape index (κ3) is 6.38. The number of alkyl carbamates (subject to hydrolysis) is 1. The minimum absolute atomic E-state index is 0.249. The molecule has 1 unspecified atom stereocenters. The van der Waals surface area contributed by atoms with Gasteiger partial charge in [-0.2, -0.15) is 16.9 Å². The van der Waals surface area contributed by atoms with E-state index in [1.54, 1.807) is 25.5 Å². The molecule has 7 nitrogen and oxygen atoms in total. The zero-order chi connectivity index (χ0) is 16.9. The highest BCUT2D eigenvalue weighted by atomic mass is 32.2. The van der Waals surface area contributed by atoms with Crippen LogP contribution < -0.4 is 5.32 Å². The van der Waals surface area contributed by atoms with Gasteiger partial charge < -0.3 is 15.2 Å². The smallest absolute Gasteiger partial charge is 0.408 e. The first-order valence-corrected chi connectivity index (χ1v) is 8.03. The van der Waals surface area contributed by atoms with Crippen molar-refractivity contribution >= 4 is 23.8 Å². The lowest BCUT2D eigenvalue weighted by molar-refractivity contribution is -0.138. The van der Waals surface area contributed by atoms with Gasteiger partial charge in [-0.1, -0.05) is 0 Å². The van der Waals surface area contributed by atoms with E-state index in [4.69, 9.17) is 4.74 Å². The van der Waals surface area contributed by atoms with Crippen molar-refractivity contribution in [1.82, 2.24) is 15.1 Å². The van der Waals surface area contributed by atoms with E-state index >= 15 is 0 Å². The molecule has 0 spiro atoms. The Morgan fingerprint density at radius 3 is 2.59 bits per heavy atom. The summed E-state index contributed by atoms with van der Waals surface area (Å²) in [5.74, 6) is -0.213. The minimum Gasteiger partial charge on any atom is -0.480 e. The highest BCUT2D eigenvalue weighted by molar-refractivity contribution is 7.98. The van der Waals surface area contributed by atoms with Gasteiger partial charge in [-0.15, -0.1) is 0 Å². The highest BCUT2D eigenvalue weighted by Gasteiger charge is 2.24. The van der Waals surface area contributed by atoms with Crippen LogP contribution in [0.4, 0.5) is 4.79 Å². The molecule has 22 heavy (non-hydrogen) atoms. The molecular weight excluding hydrogens is 306 g/mol. The molecule has 8 heteroatoms. The lowest BCUT2D eigenvalue weighted by Crippen LogP contribution is -2.44. The van der Waals surface area contributed by atoms with Crippen LogP contribution in [0.1, 0.15) is 32.2 Å². The maximum absolute atomic E-state index is 11.6. The lowest BCUT2D eigenvalue weighted by atomic mass is 10.2. The first kappa shape index (κ1) is 18.3. The van der Waals surface area contributed by atoms with Crippen LogP contribution in [0.25, 0.3) is 0 Å². The van der Waals surface area contributed by atoms with Crippen molar-refractivity contribution in [3.63, 3.8) is 0 Å². The Hall–Kier alpha value is -1.70. The van der Waals surface area contributed by atoms with E-state index in [1.807, 2.05) is 20.0 Å². The van der Waals surface area contributed by atoms with E-state index in [2.05, 4.69) is 10.4 Å². The van der Waals surface area contributed by atoms with E-state index in [-0.39, 0.29) is 5.75 Å². The lowest BCUT2D eigenvalue weighted by Gasteiger charge is -2.21. The summed E-state index contributed by atoms with van der Waals surface area (Å²) in [5.41, 5.74) is 1.26. The van der Waals surface area contributed by atoms with Gasteiger partial charge >= 0.3 is 12.1 Å². The Morgan fingerprint density at radius 1 is 1.50 bits per heavy atom. The third-order valence-electron chi connectivity index (χ3n) is 2.62. The van der Waals surface area contributed by atoms with Gasteiger partial charge in [0.2, 0.25) is 0 Å². The van der Waals surface area contributed by atoms with Gasteiger partial charge in [-0.25, -0.2) is 9.59 Å². The summed E-state index contributed by atoms with van der Waals surface area (Å²) in [7, 11) is 1.84. The summed E-state index contributed by atoms with van der Waals surface area (Å²) in [6.07, 6.45) is -0.725. The van der Waals surface area contributed by atoms with Crippen molar-refractivity contribution in [1.29, 1.82) is 0 Å². The Balaban J connectivity index is 2.49. The molecule has 2 N–H and O–H groups in total. The molecule has 0 aliphatic rings. The van der Waals surface area contributed by atoms with Crippen LogP contribution in [-0.2, 0) is 22.3 Å². The summed E-state index contributed by atoms with van der Waals surface area (Å²) < 4.78 is 6.83. The number of nitrogens with one attached hydrogen (secondary N) is 1. The molecule has 0 saturated heterocycles. The van der Waals surface area contributed by atoms with Crippen molar-refractivity contribution in [3.05, 3.63) is 17.5 Å². The summed E-state index contributed by atoms with van der Waals surface area (Å²) in [6.45, 7) is 7.07. The Bertz CT molecular complexity index is 537. The summed E-state index contributed by atoms with van der Waals surface area (Å²) in [5, 5.41) is 15.8. The molecule has 0 saturated carbocycles. The first-order valence-electron chi connectivity index (χ1n) is 6.88. The molecule has 1 atom stereocenters. The van der Waals surface area contributed by atoms with Crippen LogP contribution in [0.2, 0.25) is 0 Å². The van der Waals surface area contributed by atoms with Crippen molar-refractivity contribution < 1.29 is 19.4 Å². The number of carbonyl (C=O) groups excluding carboxylic acids is 1. The van der Waals surface area contributed by atoms with Crippen LogP contribution >= 0.6 is 11.8 Å². The average Bonchev–Trinajstić information content (AvgIpc) is 2.64. The number of nitrogens with zero attached hydrogens (tertiary/aromatic N) is 2. The average molecular weight is 329 g/mol. The minimum atomic E-state index is -1.08. The number of amides is 1. The molecule has 0 bridgehead atoms. The Morgan fingerprint density at radius 2 is 2.14 bits per heavy atom. The molecule has 0 aliphatic heterocycles. The molecule has 0 fully saturated rings. The molecule has 124 valence electrons. The summed E-state index contributed by atoms with van der Waals surface area (Å²) in [6, 6.07) is 0.957. The monoisotopic (exact) mass is 329 g/mol. The van der Waals surface area contributed by atoms with Crippen molar-refractivity contribution in [3.8, 4) is 0 Å². The van der Waals surface area contributed by atoms with Gasteiger partial charge in [-0.3, -0.25) is 4.68 Å². The number of hydrogen-bond acceptors (Lipinski definition) is 5. The maximum Gasteiger partial charge on any atom is 0.408 e. The Labute approximate surface area is 134 Å². The number of carbonyl (C=O) groups is 2. The number of rotatable bonds is 6. The van der Waals surface area contributed by atoms with Crippen LogP contribution in [0, 0.1) is 6.92 Å².